The van der Waals surface area contributed by atoms with Crippen molar-refractivity contribution in [2.24, 2.45) is 0 Å². The van der Waals surface area contributed by atoms with Gasteiger partial charge in [0, 0.05) is 18.5 Å². The minimum absolute atomic E-state index is 0.173. The number of carboxylic acid groups (broad SMARTS) is 1. The molecular formula is C15H15NO4. The summed E-state index contributed by atoms with van der Waals surface area (Å²) in [5.41, 5.74) is 0.855. The van der Waals surface area contributed by atoms with Crippen molar-refractivity contribution in [1.29, 1.82) is 0 Å². The predicted molar refractivity (Wildman–Crippen MR) is 71.6 cm³/mol. The van der Waals surface area contributed by atoms with Crippen LogP contribution < -0.4 is 4.90 Å². The van der Waals surface area contributed by atoms with Crippen LogP contribution in [0.25, 0.3) is 0 Å². The van der Waals surface area contributed by atoms with Crippen LogP contribution in [0, 0.1) is 0 Å². The van der Waals surface area contributed by atoms with Crippen LogP contribution in [0.5, 0.6) is 0 Å². The van der Waals surface area contributed by atoms with E-state index in [0.717, 1.165) is 5.56 Å². The van der Waals surface area contributed by atoms with Gasteiger partial charge >= 0.3 is 5.97 Å². The van der Waals surface area contributed by atoms with Gasteiger partial charge in [0.2, 0.25) is 5.91 Å². The van der Waals surface area contributed by atoms with Crippen LogP contribution in [0.3, 0.4) is 0 Å². The highest BCUT2D eigenvalue weighted by atomic mass is 16.4. The van der Waals surface area contributed by atoms with Crippen molar-refractivity contribution in [1.82, 2.24) is 0 Å². The van der Waals surface area contributed by atoms with Crippen LogP contribution >= 0.6 is 0 Å². The zero-order valence-electron chi connectivity index (χ0n) is 11.0. The van der Waals surface area contributed by atoms with Crippen LogP contribution in [0.4, 0.5) is 5.69 Å². The Bertz CT molecular complexity index is 598. The molecule has 1 heterocycles. The van der Waals surface area contributed by atoms with Crippen molar-refractivity contribution in [3.63, 3.8) is 0 Å². The van der Waals surface area contributed by atoms with Crippen molar-refractivity contribution >= 4 is 23.3 Å². The van der Waals surface area contributed by atoms with E-state index in [0.29, 0.717) is 31.4 Å². The third kappa shape index (κ3) is 1.73. The predicted octanol–water partition coefficient (Wildman–Crippen LogP) is 1.50. The molecule has 0 saturated heterocycles. The third-order valence-corrected chi connectivity index (χ3v) is 4.32. The smallest absolute Gasteiger partial charge is 0.323 e. The van der Waals surface area contributed by atoms with Gasteiger partial charge in [0.1, 0.15) is 12.3 Å². The quantitative estimate of drug-likeness (QED) is 0.886. The highest BCUT2D eigenvalue weighted by molar-refractivity contribution is 6.10. The number of hydrogen-bond acceptors (Lipinski definition) is 3. The number of amides is 1. The number of hydrogen-bond donors (Lipinski definition) is 1. The van der Waals surface area contributed by atoms with Crippen molar-refractivity contribution in [3.05, 3.63) is 29.8 Å². The van der Waals surface area contributed by atoms with Gasteiger partial charge in [-0.05, 0) is 24.5 Å². The largest absolute Gasteiger partial charge is 0.480 e. The molecular weight excluding hydrogens is 258 g/mol. The Morgan fingerprint density at radius 1 is 1.20 bits per heavy atom. The summed E-state index contributed by atoms with van der Waals surface area (Å²) < 4.78 is 0. The average molecular weight is 273 g/mol. The van der Waals surface area contributed by atoms with E-state index < -0.39 is 11.4 Å². The van der Waals surface area contributed by atoms with E-state index in [1.54, 1.807) is 12.1 Å². The minimum Gasteiger partial charge on any atom is -0.480 e. The van der Waals surface area contributed by atoms with Crippen molar-refractivity contribution in [2.45, 2.75) is 31.1 Å². The molecule has 0 radical (unpaired) electrons. The molecule has 1 fully saturated rings. The molecule has 0 bridgehead atoms. The summed E-state index contributed by atoms with van der Waals surface area (Å²) in [5, 5.41) is 9.00. The maximum absolute atomic E-state index is 12.7. The lowest BCUT2D eigenvalue weighted by molar-refractivity contribution is -0.137. The normalized spacial score (nSPS) is 20.3. The SMILES string of the molecule is O=C(O)CN1C(=O)C2(CCC(=O)CC2)c2ccccc21. The summed E-state index contributed by atoms with van der Waals surface area (Å²) in [6.07, 6.45) is 1.75. The monoisotopic (exact) mass is 273 g/mol. The van der Waals surface area contributed by atoms with E-state index in [2.05, 4.69) is 0 Å². The molecule has 1 amide bonds. The fourth-order valence-corrected chi connectivity index (χ4v) is 3.33. The Morgan fingerprint density at radius 2 is 1.85 bits per heavy atom. The van der Waals surface area contributed by atoms with Gasteiger partial charge in [-0.1, -0.05) is 18.2 Å². The molecule has 1 aromatic rings. The number of para-hydroxylation sites is 1. The van der Waals surface area contributed by atoms with Gasteiger partial charge in [0.05, 0.1) is 5.41 Å². The van der Waals surface area contributed by atoms with Gasteiger partial charge in [-0.3, -0.25) is 14.4 Å². The minimum atomic E-state index is -1.03. The molecule has 0 unspecified atom stereocenters. The number of carbonyl (C=O) groups excluding carboxylic acids is 2. The van der Waals surface area contributed by atoms with Gasteiger partial charge in [-0.15, -0.1) is 0 Å². The third-order valence-electron chi connectivity index (χ3n) is 4.32. The molecule has 5 heteroatoms. The number of rotatable bonds is 2. The van der Waals surface area contributed by atoms with Gasteiger partial charge in [0.15, 0.2) is 0 Å². The Morgan fingerprint density at radius 3 is 2.50 bits per heavy atom. The zero-order chi connectivity index (χ0) is 14.3. The molecule has 20 heavy (non-hydrogen) atoms. The lowest BCUT2D eigenvalue weighted by Gasteiger charge is -2.31. The number of anilines is 1. The average Bonchev–Trinajstić information content (AvgIpc) is 2.65. The first-order chi connectivity index (χ1) is 9.54. The number of carbonyl (C=O) groups is 3. The maximum atomic E-state index is 12.7. The number of benzene rings is 1. The van der Waals surface area contributed by atoms with Crippen LogP contribution in [0.15, 0.2) is 24.3 Å². The Hall–Kier alpha value is -2.17. The van der Waals surface area contributed by atoms with E-state index in [1.165, 1.54) is 4.90 Å². The summed E-state index contributed by atoms with van der Waals surface area (Å²) in [5.74, 6) is -1.02. The molecule has 1 N–H and O–H groups in total. The number of carboxylic acids is 1. The molecule has 1 spiro atoms. The van der Waals surface area contributed by atoms with Gasteiger partial charge in [-0.2, -0.15) is 0 Å². The second-order valence-corrected chi connectivity index (χ2v) is 5.42. The van der Waals surface area contributed by atoms with E-state index in [4.69, 9.17) is 5.11 Å². The summed E-state index contributed by atoms with van der Waals surface area (Å²) in [6.45, 7) is -0.328. The highest BCUT2D eigenvalue weighted by Gasteiger charge is 2.52. The number of Topliss-reactive ketones (excluding diaryl/α,β-unsaturated/α-hetero) is 1. The lowest BCUT2D eigenvalue weighted by atomic mass is 9.70. The van der Waals surface area contributed by atoms with E-state index in [9.17, 15) is 14.4 Å². The molecule has 0 atom stereocenters. The topological polar surface area (TPSA) is 74.7 Å². The van der Waals surface area contributed by atoms with Crippen LogP contribution in [-0.4, -0.2) is 29.3 Å². The zero-order valence-corrected chi connectivity index (χ0v) is 11.0. The molecule has 104 valence electrons. The van der Waals surface area contributed by atoms with Crippen LogP contribution in [0.2, 0.25) is 0 Å². The first-order valence-corrected chi connectivity index (χ1v) is 6.69. The first kappa shape index (κ1) is 12.8. The lowest BCUT2D eigenvalue weighted by Crippen LogP contribution is -2.44. The summed E-state index contributed by atoms with van der Waals surface area (Å²) in [6, 6.07) is 7.31. The van der Waals surface area contributed by atoms with Crippen molar-refractivity contribution in [2.75, 3.05) is 11.4 Å². The van der Waals surface area contributed by atoms with Crippen LogP contribution in [0.1, 0.15) is 31.2 Å². The molecule has 1 saturated carbocycles. The molecule has 2 aliphatic rings. The van der Waals surface area contributed by atoms with Gasteiger partial charge < -0.3 is 10.0 Å². The van der Waals surface area contributed by atoms with E-state index in [-0.39, 0.29) is 18.2 Å². The Balaban J connectivity index is 2.07. The molecule has 1 aliphatic carbocycles. The summed E-state index contributed by atoms with van der Waals surface area (Å²) in [7, 11) is 0. The number of ketones is 1. The first-order valence-electron chi connectivity index (χ1n) is 6.69. The second kappa shape index (κ2) is 4.44. The fraction of sp³-hybridized carbons (Fsp3) is 0.400. The Labute approximate surface area is 116 Å². The molecule has 1 aliphatic heterocycles. The number of aliphatic carboxylic acids is 1. The fourth-order valence-electron chi connectivity index (χ4n) is 3.33. The molecule has 5 nitrogen and oxygen atoms in total. The maximum Gasteiger partial charge on any atom is 0.323 e. The molecule has 0 aromatic heterocycles. The highest BCUT2D eigenvalue weighted by Crippen LogP contribution is 2.49. The van der Waals surface area contributed by atoms with E-state index >= 15 is 0 Å². The summed E-state index contributed by atoms with van der Waals surface area (Å²) >= 11 is 0. The second-order valence-electron chi connectivity index (χ2n) is 5.42. The van der Waals surface area contributed by atoms with Crippen LogP contribution in [-0.2, 0) is 19.8 Å². The van der Waals surface area contributed by atoms with Crippen molar-refractivity contribution in [3.8, 4) is 0 Å². The summed E-state index contributed by atoms with van der Waals surface area (Å²) in [4.78, 5) is 36.5. The number of nitrogens with zero attached hydrogens (tertiary/aromatic N) is 1. The van der Waals surface area contributed by atoms with E-state index in [1.807, 2.05) is 12.1 Å². The van der Waals surface area contributed by atoms with Gasteiger partial charge in [-0.25, -0.2) is 0 Å². The molecule has 3 rings (SSSR count). The Kier molecular flexibility index (Phi) is 2.85. The van der Waals surface area contributed by atoms with Gasteiger partial charge in [0.25, 0.3) is 0 Å². The standard InChI is InChI=1S/C15H15NO4/c17-10-5-7-15(8-6-10)11-3-1-2-4-12(11)16(14(15)20)9-13(18)19/h1-4H,5-9H2,(H,18,19). The molecule has 1 aromatic carbocycles. The number of fused-ring (bicyclic) bond motifs is 2. The van der Waals surface area contributed by atoms with Crippen molar-refractivity contribution < 1.29 is 19.5 Å².